The van der Waals surface area contributed by atoms with Gasteiger partial charge in [0.15, 0.2) is 40.7 Å². The van der Waals surface area contributed by atoms with Gasteiger partial charge in [-0.1, -0.05) is 154 Å². The summed E-state index contributed by atoms with van der Waals surface area (Å²) in [6.45, 7) is 36.9. The molecule has 0 unspecified atom stereocenters. The standard InChI is InChI=1S/2C33H30Cl3F2N7O2.C31H26Cl2F3N7O2/c1-7-21(46)44-16(5)12-43(13-17(44)6)31-18-10-20(34)29(22-25(37)23(35)26(38)24(36)27(22)40)42-32(18)45(33(47)19(31)11-39)30-15(4)8-9-41-28(30)14(2)3;1-7-21(46)44-16(5)12-43(13-17(44)6)31-18-10-20(34)29(22-23(35)25(37)26(38)27(40)24(22)36)42-32(18)45(33(47)19(31)11-39)30-15(4)8-9-41-28(30)14(2)3;1-5-19(44)41-8-10-42(11-9-41)29-16-12-18(32)27(20-22(34)21(33)23(35)24(36)25(20)38)40-30(16)43(31(45)17(29)13-37)28-15(4)6-7-39-26(28)14(2)3/h2*7-10,14,16-17H,1,12-13,40H2,2-6H3;5-7,12,14H,1,8-11,38H2,2-4H3/t2*16-,17+;. The summed E-state index contributed by atoms with van der Waals surface area (Å²) in [5, 5.41) is 27.9. The number of nitrogens with two attached hydrogens (primary N) is 3. The van der Waals surface area contributed by atoms with Gasteiger partial charge in [0.2, 0.25) is 17.7 Å². The van der Waals surface area contributed by atoms with Crippen LogP contribution < -0.4 is 48.6 Å². The molecule has 0 bridgehead atoms. The number of aryl methyl sites for hydroxylation is 3. The number of fused-ring (bicyclic) bond motifs is 3. The van der Waals surface area contributed by atoms with E-state index >= 15 is 8.78 Å². The van der Waals surface area contributed by atoms with Crippen molar-refractivity contribution in [2.45, 2.75) is 132 Å². The minimum Gasteiger partial charge on any atom is -0.397 e. The van der Waals surface area contributed by atoms with E-state index in [1.54, 1.807) is 77.2 Å². The minimum atomic E-state index is -1.67. The second-order valence-electron chi connectivity index (χ2n) is 34.3. The van der Waals surface area contributed by atoms with Crippen molar-refractivity contribution in [2.24, 2.45) is 0 Å². The molecule has 0 saturated carbocycles. The first-order valence-corrected chi connectivity index (χ1v) is 46.0. The van der Waals surface area contributed by atoms with Crippen molar-refractivity contribution >= 4 is 178 Å². The summed E-state index contributed by atoms with van der Waals surface area (Å²) >= 11 is 50.8. The molecule has 0 spiro atoms. The summed E-state index contributed by atoms with van der Waals surface area (Å²) in [5.74, 6) is -11.3. The highest BCUT2D eigenvalue weighted by Crippen LogP contribution is 2.50. The number of benzene rings is 3. The van der Waals surface area contributed by atoms with Crippen molar-refractivity contribution in [2.75, 3.05) is 84.3 Å². The van der Waals surface area contributed by atoms with Crippen LogP contribution in [0.2, 0.25) is 40.2 Å². The van der Waals surface area contributed by atoms with Crippen LogP contribution in [0.3, 0.4) is 0 Å². The molecule has 9 aromatic heterocycles. The van der Waals surface area contributed by atoms with E-state index in [2.05, 4.69) is 51.8 Å². The number of anilines is 6. The van der Waals surface area contributed by atoms with Gasteiger partial charge in [0, 0.05) is 117 Å². The van der Waals surface area contributed by atoms with E-state index in [1.807, 2.05) is 85.1 Å². The van der Waals surface area contributed by atoms with Gasteiger partial charge in [-0.3, -0.25) is 57.4 Å². The lowest BCUT2D eigenvalue weighted by molar-refractivity contribution is -0.131. The van der Waals surface area contributed by atoms with Gasteiger partial charge >= 0.3 is 0 Å². The number of nitrogen functional groups attached to an aromatic ring is 3. The van der Waals surface area contributed by atoms with Crippen LogP contribution in [0.5, 0.6) is 0 Å². The highest BCUT2D eigenvalue weighted by atomic mass is 35.5. The molecule has 6 N–H and O–H groups in total. The minimum absolute atomic E-state index is 0.00155. The molecule has 12 heterocycles. The van der Waals surface area contributed by atoms with E-state index in [1.165, 1.54) is 50.1 Å². The summed E-state index contributed by atoms with van der Waals surface area (Å²) in [6.07, 6.45) is 8.51. The molecule has 12 aromatic rings. The third kappa shape index (κ3) is 18.1. The summed E-state index contributed by atoms with van der Waals surface area (Å²) in [7, 11) is 0. The number of nitriles is 3. The number of piperazine rings is 3. The Kier molecular flexibility index (Phi) is 30.3. The molecule has 3 aliphatic heterocycles. The molecule has 3 saturated heterocycles. The SMILES string of the molecule is C=CC(=O)N1CCN(c2c(C#N)c(=O)n(-c3c(C)ccnc3C(C)C)c3nc(-c4c(N)c(F)c(F)c(Cl)c4F)c(Cl)cc23)CC1.C=CC(=O)N1[C@H](C)CN(c2c(C#N)c(=O)n(-c3c(C)ccnc3C(C)C)c3nc(-c4c(Cl)c(N)c(F)c(F)c4Cl)c(Cl)cc23)C[C@@H]1C.C=CC(=O)N1[C@H](C)CN(c2c(C#N)c(=O)n(-c3c(C)ccnc3C(C)C)c3nc(-c4c(N)c(Cl)c(F)c(Cl)c4F)c(Cl)cc23)C[C@@H]1C. The van der Waals surface area contributed by atoms with Gasteiger partial charge in [0.05, 0.1) is 122 Å². The van der Waals surface area contributed by atoms with E-state index in [-0.39, 0.29) is 205 Å². The third-order valence-electron chi connectivity index (χ3n) is 24.4. The predicted molar refractivity (Wildman–Crippen MR) is 531 cm³/mol. The Morgan fingerprint density at radius 2 is 0.705 bits per heavy atom. The Hall–Kier alpha value is -13.1. The second-order valence-corrected chi connectivity index (χ2v) is 37.4. The van der Waals surface area contributed by atoms with Gasteiger partial charge in [-0.05, 0) is 138 Å². The molecule has 3 aromatic carbocycles. The zero-order chi connectivity index (χ0) is 102. The molecule has 139 heavy (non-hydrogen) atoms. The molecule has 4 atom stereocenters. The quantitative estimate of drug-likeness (QED) is 0.0282. The number of pyridine rings is 9. The highest BCUT2D eigenvalue weighted by Gasteiger charge is 2.41. The summed E-state index contributed by atoms with van der Waals surface area (Å²) in [6, 6.07) is 14.3. The number of hydrogen-bond donors (Lipinski definition) is 3. The van der Waals surface area contributed by atoms with Gasteiger partial charge in [0.1, 0.15) is 66.9 Å². The van der Waals surface area contributed by atoms with E-state index in [9.17, 15) is 66.5 Å². The average Bonchev–Trinajstić information content (AvgIpc) is 0.726. The Morgan fingerprint density at radius 3 is 1.03 bits per heavy atom. The lowest BCUT2D eigenvalue weighted by Gasteiger charge is -2.45. The molecular weight excluding hydrogens is 1970 g/mol. The molecule has 0 radical (unpaired) electrons. The lowest BCUT2D eigenvalue weighted by Crippen LogP contribution is -2.58. The first-order valence-electron chi connectivity index (χ1n) is 43.0. The van der Waals surface area contributed by atoms with E-state index in [0.29, 0.717) is 56.2 Å². The van der Waals surface area contributed by atoms with Crippen LogP contribution in [-0.2, 0) is 14.4 Å². The van der Waals surface area contributed by atoms with Crippen LogP contribution in [0, 0.1) is 95.5 Å². The average molecular weight is 2060 g/mol. The number of carbonyl (C=O) groups is 3. The monoisotopic (exact) mass is 2050 g/mol. The topological polar surface area (TPSA) is 363 Å². The smallest absolute Gasteiger partial charge is 0.276 e. The summed E-state index contributed by atoms with van der Waals surface area (Å²) in [5.41, 5.74) is 15.9. The number of rotatable bonds is 15. The number of hydrogen-bond acceptors (Lipinski definition) is 21. The first-order chi connectivity index (χ1) is 65.6. The molecule has 27 nitrogen and oxygen atoms in total. The van der Waals surface area contributed by atoms with Crippen LogP contribution in [0.1, 0.15) is 137 Å². The molecule has 42 heteroatoms. The van der Waals surface area contributed by atoms with Crippen LogP contribution in [0.15, 0.2) is 107 Å². The Bertz CT molecular complexity index is 7190. The maximum atomic E-state index is 15.6. The maximum absolute atomic E-state index is 15.6. The third-order valence-corrected chi connectivity index (χ3v) is 27.0. The summed E-state index contributed by atoms with van der Waals surface area (Å²) < 4.78 is 108. The summed E-state index contributed by atoms with van der Waals surface area (Å²) in [4.78, 5) is 119. The van der Waals surface area contributed by atoms with Crippen molar-refractivity contribution in [1.82, 2.24) is 58.3 Å². The van der Waals surface area contributed by atoms with E-state index in [4.69, 9.17) is 120 Å². The molecule has 3 aliphatic rings. The van der Waals surface area contributed by atoms with Crippen LogP contribution in [0.25, 0.3) is 83.9 Å². The van der Waals surface area contributed by atoms with Crippen molar-refractivity contribution < 1.29 is 45.1 Å². The Morgan fingerprint density at radius 1 is 0.403 bits per heavy atom. The van der Waals surface area contributed by atoms with Crippen molar-refractivity contribution in [3.63, 3.8) is 0 Å². The van der Waals surface area contributed by atoms with Gasteiger partial charge < -0.3 is 46.6 Å². The van der Waals surface area contributed by atoms with Gasteiger partial charge in [-0.15, -0.1) is 0 Å². The van der Waals surface area contributed by atoms with Crippen LogP contribution >= 0.6 is 92.8 Å². The molecule has 720 valence electrons. The fourth-order valence-electron chi connectivity index (χ4n) is 18.1. The maximum Gasteiger partial charge on any atom is 0.276 e. The molecule has 15 rings (SSSR count). The zero-order valence-corrected chi connectivity index (χ0v) is 82.7. The van der Waals surface area contributed by atoms with Gasteiger partial charge in [0.25, 0.3) is 16.7 Å². The number of aromatic nitrogens is 9. The molecule has 3 fully saturated rings. The normalized spacial score (nSPS) is 15.5. The number of nitrogens with zero attached hydrogens (tertiary/aromatic N) is 18. The molecular formula is C97H86Cl8F7N21O6. The Balaban J connectivity index is 0.000000176. The number of carbonyl (C=O) groups excluding carboxylic acids is 3. The van der Waals surface area contributed by atoms with Gasteiger partial charge in [-0.2, -0.15) is 15.8 Å². The van der Waals surface area contributed by atoms with Crippen LogP contribution in [0.4, 0.5) is 64.9 Å². The second kappa shape index (κ2) is 40.8. The van der Waals surface area contributed by atoms with Crippen molar-refractivity contribution in [3.05, 3.63) is 255 Å². The van der Waals surface area contributed by atoms with Crippen molar-refractivity contribution in [3.8, 4) is 69.0 Å². The van der Waals surface area contributed by atoms with Crippen LogP contribution in [-0.4, -0.2) is 153 Å². The van der Waals surface area contributed by atoms with E-state index < -0.39 is 116 Å². The zero-order valence-electron chi connectivity index (χ0n) is 76.6. The largest absolute Gasteiger partial charge is 0.397 e. The van der Waals surface area contributed by atoms with Gasteiger partial charge in [-0.25, -0.2) is 45.7 Å². The number of amides is 3. The Labute approximate surface area is 831 Å². The molecule has 3 amide bonds. The number of halogens is 15. The first kappa shape index (κ1) is 103. The van der Waals surface area contributed by atoms with Crippen molar-refractivity contribution in [1.29, 1.82) is 15.8 Å². The van der Waals surface area contributed by atoms with E-state index in [0.717, 1.165) is 0 Å². The molecule has 0 aliphatic carbocycles. The predicted octanol–water partition coefficient (Wildman–Crippen LogP) is 20.3. The fourth-order valence-corrected chi connectivity index (χ4v) is 20.0. The lowest BCUT2D eigenvalue weighted by atomic mass is 10.0. The highest BCUT2D eigenvalue weighted by molar-refractivity contribution is 6.43. The fraction of sp³-hybridized carbons (Fsp3) is 0.289.